The summed E-state index contributed by atoms with van der Waals surface area (Å²) in [6.07, 6.45) is 0.575. The number of methoxy groups -OCH3 is 2. The van der Waals surface area contributed by atoms with E-state index >= 15 is 0 Å². The molecule has 1 N–H and O–H groups in total. The van der Waals surface area contributed by atoms with Crippen molar-refractivity contribution >= 4 is 11.9 Å². The fourth-order valence-electron chi connectivity index (χ4n) is 2.13. The van der Waals surface area contributed by atoms with Gasteiger partial charge in [-0.2, -0.15) is 5.26 Å². The van der Waals surface area contributed by atoms with Crippen molar-refractivity contribution in [2.24, 2.45) is 5.92 Å². The maximum atomic E-state index is 11.9. The lowest BCUT2D eigenvalue weighted by Crippen LogP contribution is -2.50. The first kappa shape index (κ1) is 21.3. The van der Waals surface area contributed by atoms with E-state index in [9.17, 15) is 14.9 Å². The van der Waals surface area contributed by atoms with Crippen LogP contribution in [0.25, 0.3) is 0 Å². The minimum Gasteiger partial charge on any atom is -0.493 e. The minimum atomic E-state index is -0.997. The summed E-state index contributed by atoms with van der Waals surface area (Å²) in [6, 6.07) is 7.46. The largest absolute Gasteiger partial charge is 0.493 e. The van der Waals surface area contributed by atoms with Gasteiger partial charge in [0.15, 0.2) is 18.1 Å². The smallest absolute Gasteiger partial charge is 0.306 e. The molecule has 1 aromatic carbocycles. The predicted molar refractivity (Wildman–Crippen MR) is 95.8 cm³/mol. The molecule has 0 fully saturated rings. The van der Waals surface area contributed by atoms with Crippen molar-refractivity contribution < 1.29 is 23.8 Å². The molecule has 0 bridgehead atoms. The van der Waals surface area contributed by atoms with Crippen LogP contribution in [0.4, 0.5) is 0 Å². The average Bonchev–Trinajstić information content (AvgIpc) is 2.63. The van der Waals surface area contributed by atoms with Crippen molar-refractivity contribution in [2.75, 3.05) is 20.8 Å². The first-order chi connectivity index (χ1) is 12.3. The summed E-state index contributed by atoms with van der Waals surface area (Å²) in [5, 5.41) is 11.8. The number of hydrogen-bond donors (Lipinski definition) is 1. The second-order valence-corrected chi connectivity index (χ2v) is 6.37. The van der Waals surface area contributed by atoms with Gasteiger partial charge in [-0.15, -0.1) is 0 Å². The Morgan fingerprint density at radius 3 is 2.42 bits per heavy atom. The van der Waals surface area contributed by atoms with E-state index in [0.717, 1.165) is 5.56 Å². The Morgan fingerprint density at radius 2 is 1.88 bits per heavy atom. The fourth-order valence-corrected chi connectivity index (χ4v) is 2.13. The number of nitriles is 1. The molecular formula is C19H26N2O5. The van der Waals surface area contributed by atoms with Gasteiger partial charge in [-0.05, 0) is 37.0 Å². The maximum Gasteiger partial charge on any atom is 0.306 e. The van der Waals surface area contributed by atoms with Crippen LogP contribution in [-0.2, 0) is 20.7 Å². The van der Waals surface area contributed by atoms with Crippen molar-refractivity contribution in [3.8, 4) is 17.6 Å². The van der Waals surface area contributed by atoms with Crippen LogP contribution < -0.4 is 14.8 Å². The summed E-state index contributed by atoms with van der Waals surface area (Å²) in [7, 11) is 3.09. The number of amides is 1. The van der Waals surface area contributed by atoms with Crippen molar-refractivity contribution in [3.05, 3.63) is 23.8 Å². The van der Waals surface area contributed by atoms with Crippen molar-refractivity contribution in [3.63, 3.8) is 0 Å². The summed E-state index contributed by atoms with van der Waals surface area (Å²) < 4.78 is 15.4. The standard InChI is InChI=1S/C19H26N2O5/c1-13(2)19(3,12-20)21-17(22)11-26-18(23)9-7-14-6-8-15(24-4)16(10-14)25-5/h6,8,10,13H,7,9,11H2,1-5H3,(H,21,22)/t19-/m0/s1. The molecule has 1 atom stereocenters. The Bertz CT molecular complexity index is 681. The Labute approximate surface area is 154 Å². The molecule has 0 aliphatic rings. The lowest BCUT2D eigenvalue weighted by molar-refractivity contribution is -0.149. The van der Waals surface area contributed by atoms with Gasteiger partial charge in [0.05, 0.1) is 20.3 Å². The number of benzene rings is 1. The highest BCUT2D eigenvalue weighted by atomic mass is 16.5. The normalized spacial score (nSPS) is 12.7. The van der Waals surface area contributed by atoms with E-state index in [1.165, 1.54) is 0 Å². The molecule has 1 rings (SSSR count). The van der Waals surface area contributed by atoms with E-state index in [0.29, 0.717) is 17.9 Å². The van der Waals surface area contributed by atoms with Gasteiger partial charge in [0.25, 0.3) is 5.91 Å². The molecule has 142 valence electrons. The Morgan fingerprint density at radius 1 is 1.23 bits per heavy atom. The van der Waals surface area contributed by atoms with Crippen LogP contribution in [0.1, 0.15) is 32.8 Å². The third-order valence-corrected chi connectivity index (χ3v) is 4.22. The van der Waals surface area contributed by atoms with Gasteiger partial charge in [0.1, 0.15) is 5.54 Å². The minimum absolute atomic E-state index is 0.0720. The van der Waals surface area contributed by atoms with Crippen LogP contribution >= 0.6 is 0 Å². The van der Waals surface area contributed by atoms with Gasteiger partial charge in [-0.1, -0.05) is 19.9 Å². The van der Waals surface area contributed by atoms with Crippen LogP contribution in [0, 0.1) is 17.2 Å². The van der Waals surface area contributed by atoms with E-state index in [1.54, 1.807) is 33.3 Å². The number of nitrogens with zero attached hydrogens (tertiary/aromatic N) is 1. The van der Waals surface area contributed by atoms with Gasteiger partial charge in [0, 0.05) is 6.42 Å². The zero-order chi connectivity index (χ0) is 19.7. The van der Waals surface area contributed by atoms with Crippen LogP contribution in [0.15, 0.2) is 18.2 Å². The van der Waals surface area contributed by atoms with Gasteiger partial charge in [0.2, 0.25) is 0 Å². The van der Waals surface area contributed by atoms with Gasteiger partial charge in [-0.3, -0.25) is 9.59 Å². The van der Waals surface area contributed by atoms with Gasteiger partial charge < -0.3 is 19.5 Å². The number of carbonyl (C=O) groups is 2. The number of aryl methyl sites for hydroxylation is 1. The zero-order valence-electron chi connectivity index (χ0n) is 15.9. The van der Waals surface area contributed by atoms with Crippen LogP contribution in [0.2, 0.25) is 0 Å². The number of carbonyl (C=O) groups excluding carboxylic acids is 2. The molecule has 0 aromatic heterocycles. The van der Waals surface area contributed by atoms with Crippen molar-refractivity contribution in [1.29, 1.82) is 5.26 Å². The van der Waals surface area contributed by atoms with E-state index in [2.05, 4.69) is 11.4 Å². The lowest BCUT2D eigenvalue weighted by Gasteiger charge is -2.27. The predicted octanol–water partition coefficient (Wildman–Crippen LogP) is 2.23. The molecule has 0 saturated carbocycles. The Kier molecular flexibility index (Phi) is 7.91. The fraction of sp³-hybridized carbons (Fsp3) is 0.526. The topological polar surface area (TPSA) is 97.6 Å². The van der Waals surface area contributed by atoms with E-state index in [4.69, 9.17) is 14.2 Å². The van der Waals surface area contributed by atoms with Crippen LogP contribution in [0.3, 0.4) is 0 Å². The number of rotatable bonds is 9. The zero-order valence-corrected chi connectivity index (χ0v) is 15.9. The highest BCUT2D eigenvalue weighted by Gasteiger charge is 2.30. The van der Waals surface area contributed by atoms with E-state index in [-0.39, 0.29) is 12.3 Å². The third-order valence-electron chi connectivity index (χ3n) is 4.22. The second kappa shape index (κ2) is 9.66. The average molecular weight is 362 g/mol. The quantitative estimate of drug-likeness (QED) is 0.677. The first-order valence-corrected chi connectivity index (χ1v) is 8.34. The summed E-state index contributed by atoms with van der Waals surface area (Å²) >= 11 is 0. The highest BCUT2D eigenvalue weighted by molar-refractivity contribution is 5.81. The summed E-state index contributed by atoms with van der Waals surface area (Å²) in [5.74, 6) is 0.140. The number of esters is 1. The molecule has 0 aliphatic heterocycles. The molecule has 0 aliphatic carbocycles. The second-order valence-electron chi connectivity index (χ2n) is 6.37. The monoisotopic (exact) mass is 362 g/mol. The van der Waals surface area contributed by atoms with Gasteiger partial charge >= 0.3 is 5.97 Å². The molecule has 26 heavy (non-hydrogen) atoms. The van der Waals surface area contributed by atoms with E-state index < -0.39 is 24.0 Å². The molecule has 1 aromatic rings. The molecule has 1 amide bonds. The number of nitrogens with one attached hydrogen (secondary N) is 1. The van der Waals surface area contributed by atoms with Gasteiger partial charge in [-0.25, -0.2) is 0 Å². The number of ether oxygens (including phenoxy) is 3. The summed E-state index contributed by atoms with van der Waals surface area (Å²) in [5.41, 5.74) is -0.107. The highest BCUT2D eigenvalue weighted by Crippen LogP contribution is 2.28. The molecule has 0 spiro atoms. The van der Waals surface area contributed by atoms with Crippen LogP contribution in [0.5, 0.6) is 11.5 Å². The SMILES string of the molecule is COc1ccc(CCC(=O)OCC(=O)N[C@@](C)(C#N)C(C)C)cc1OC. The maximum absolute atomic E-state index is 11.9. The molecule has 0 saturated heterocycles. The molecule has 0 heterocycles. The molecule has 0 unspecified atom stereocenters. The third kappa shape index (κ3) is 5.96. The van der Waals surface area contributed by atoms with E-state index in [1.807, 2.05) is 19.9 Å². The molecular weight excluding hydrogens is 336 g/mol. The Hall–Kier alpha value is -2.75. The molecule has 7 nitrogen and oxygen atoms in total. The Balaban J connectivity index is 2.48. The first-order valence-electron chi connectivity index (χ1n) is 8.34. The van der Waals surface area contributed by atoms with Crippen LogP contribution in [-0.4, -0.2) is 38.2 Å². The summed E-state index contributed by atoms with van der Waals surface area (Å²) in [4.78, 5) is 23.7. The molecule has 7 heteroatoms. The van der Waals surface area contributed by atoms with Crippen molar-refractivity contribution in [2.45, 2.75) is 39.2 Å². The van der Waals surface area contributed by atoms with Crippen molar-refractivity contribution in [1.82, 2.24) is 5.32 Å². The molecule has 0 radical (unpaired) electrons. The lowest BCUT2D eigenvalue weighted by atomic mass is 9.90. The summed E-state index contributed by atoms with van der Waals surface area (Å²) in [6.45, 7) is 4.89. The number of hydrogen-bond acceptors (Lipinski definition) is 6.